The molecule has 3 heterocycles. The lowest BCUT2D eigenvalue weighted by molar-refractivity contribution is -0.117. The SMILES string of the molecule is CCOc1cc(N2CCOCC2)c(OCC)cc1NC(=O)CN1CCN(Cc2ccc3c(c2)OCO3)CC1.Cl. The number of ether oxygens (including phenoxy) is 5. The van der Waals surface area contributed by atoms with Crippen molar-refractivity contribution in [3.05, 3.63) is 35.9 Å². The highest BCUT2D eigenvalue weighted by Crippen LogP contribution is 2.39. The van der Waals surface area contributed by atoms with Gasteiger partial charge in [0.15, 0.2) is 11.5 Å². The number of piperazine rings is 1. The number of carbonyl (C=O) groups is 1. The van der Waals surface area contributed by atoms with Crippen molar-refractivity contribution in [1.82, 2.24) is 9.80 Å². The standard InChI is InChI=1S/C28H38N4O6.ClH/c1-3-35-25-17-23(32-11-13-34-14-12-32)26(36-4-2)16-22(25)29-28(33)19-31-9-7-30(8-10-31)18-21-5-6-24-27(15-21)38-20-37-24;/h5-6,15-17H,3-4,7-14,18-20H2,1-2H3,(H,29,33);1H. The average molecular weight is 563 g/mol. The van der Waals surface area contributed by atoms with Gasteiger partial charge < -0.3 is 33.9 Å². The Morgan fingerprint density at radius 3 is 2.31 bits per heavy atom. The van der Waals surface area contributed by atoms with Gasteiger partial charge in [-0.3, -0.25) is 14.6 Å². The van der Waals surface area contributed by atoms with Crippen LogP contribution in [0, 0.1) is 0 Å². The Bertz CT molecular complexity index is 1110. The van der Waals surface area contributed by atoms with E-state index < -0.39 is 0 Å². The number of nitrogens with zero attached hydrogens (tertiary/aromatic N) is 3. The van der Waals surface area contributed by atoms with E-state index in [9.17, 15) is 4.79 Å². The summed E-state index contributed by atoms with van der Waals surface area (Å²) in [5, 5.41) is 3.08. The summed E-state index contributed by atoms with van der Waals surface area (Å²) in [7, 11) is 0. The largest absolute Gasteiger partial charge is 0.492 e. The fraction of sp³-hybridized carbons (Fsp3) is 0.536. The van der Waals surface area contributed by atoms with Gasteiger partial charge >= 0.3 is 0 Å². The van der Waals surface area contributed by atoms with E-state index in [1.165, 1.54) is 5.56 Å². The Morgan fingerprint density at radius 2 is 1.56 bits per heavy atom. The number of anilines is 2. The summed E-state index contributed by atoms with van der Waals surface area (Å²) in [6.07, 6.45) is 0. The lowest BCUT2D eigenvalue weighted by atomic mass is 10.1. The number of hydrogen-bond acceptors (Lipinski definition) is 9. The quantitative estimate of drug-likeness (QED) is 0.469. The number of benzene rings is 2. The summed E-state index contributed by atoms with van der Waals surface area (Å²) < 4.78 is 28.3. The first-order chi connectivity index (χ1) is 18.6. The van der Waals surface area contributed by atoms with E-state index >= 15 is 0 Å². The Labute approximate surface area is 236 Å². The molecule has 0 spiro atoms. The van der Waals surface area contributed by atoms with Crippen molar-refractivity contribution in [3.8, 4) is 23.0 Å². The second-order valence-corrected chi connectivity index (χ2v) is 9.57. The number of nitrogens with one attached hydrogen (secondary N) is 1. The molecule has 0 aromatic heterocycles. The third-order valence-electron chi connectivity index (χ3n) is 6.96. The molecule has 5 rings (SSSR count). The number of rotatable bonds is 10. The Hall–Kier alpha value is -2.92. The topological polar surface area (TPSA) is 85.0 Å². The summed E-state index contributed by atoms with van der Waals surface area (Å²) in [6.45, 7) is 12.8. The van der Waals surface area contributed by atoms with E-state index in [2.05, 4.69) is 32.1 Å². The minimum atomic E-state index is -0.0586. The van der Waals surface area contributed by atoms with Crippen molar-refractivity contribution in [2.45, 2.75) is 20.4 Å². The molecule has 1 amide bonds. The van der Waals surface area contributed by atoms with Gasteiger partial charge in [-0.05, 0) is 31.5 Å². The number of halogens is 1. The second kappa shape index (κ2) is 13.9. The summed E-state index contributed by atoms with van der Waals surface area (Å²) in [4.78, 5) is 19.9. The molecule has 2 fully saturated rings. The summed E-state index contributed by atoms with van der Waals surface area (Å²) in [6, 6.07) is 9.98. The molecule has 0 saturated carbocycles. The van der Waals surface area contributed by atoms with Gasteiger partial charge in [-0.2, -0.15) is 0 Å². The third-order valence-corrected chi connectivity index (χ3v) is 6.96. The average Bonchev–Trinajstić information content (AvgIpc) is 3.40. The van der Waals surface area contributed by atoms with Gasteiger partial charge in [-0.25, -0.2) is 0 Å². The fourth-order valence-corrected chi connectivity index (χ4v) is 5.04. The number of hydrogen-bond donors (Lipinski definition) is 1. The van der Waals surface area contributed by atoms with Gasteiger partial charge in [0, 0.05) is 57.9 Å². The maximum Gasteiger partial charge on any atom is 0.238 e. The van der Waals surface area contributed by atoms with Crippen LogP contribution in [-0.4, -0.2) is 94.7 Å². The van der Waals surface area contributed by atoms with Gasteiger partial charge in [0.05, 0.1) is 44.3 Å². The van der Waals surface area contributed by atoms with Gasteiger partial charge in [0.1, 0.15) is 11.5 Å². The van der Waals surface area contributed by atoms with E-state index in [4.69, 9.17) is 23.7 Å². The smallest absolute Gasteiger partial charge is 0.238 e. The summed E-state index contributed by atoms with van der Waals surface area (Å²) in [5.74, 6) is 2.96. The van der Waals surface area contributed by atoms with Crippen LogP contribution < -0.4 is 29.2 Å². The van der Waals surface area contributed by atoms with Crippen LogP contribution in [0.5, 0.6) is 23.0 Å². The second-order valence-electron chi connectivity index (χ2n) is 9.57. The molecule has 1 N–H and O–H groups in total. The molecule has 10 nitrogen and oxygen atoms in total. The number of morpholine rings is 1. The van der Waals surface area contributed by atoms with Crippen molar-refractivity contribution in [1.29, 1.82) is 0 Å². The predicted molar refractivity (Wildman–Crippen MR) is 152 cm³/mol. The van der Waals surface area contributed by atoms with Crippen LogP contribution in [0.25, 0.3) is 0 Å². The molecule has 39 heavy (non-hydrogen) atoms. The zero-order valence-corrected chi connectivity index (χ0v) is 23.6. The van der Waals surface area contributed by atoms with E-state index in [0.717, 1.165) is 68.7 Å². The molecular weight excluding hydrogens is 524 g/mol. The molecule has 2 aromatic rings. The van der Waals surface area contributed by atoms with Crippen LogP contribution in [0.15, 0.2) is 30.3 Å². The minimum Gasteiger partial charge on any atom is -0.492 e. The van der Waals surface area contributed by atoms with Gasteiger partial charge in [0.25, 0.3) is 0 Å². The number of carbonyl (C=O) groups excluding carboxylic acids is 1. The van der Waals surface area contributed by atoms with Crippen LogP contribution in [0.1, 0.15) is 19.4 Å². The lowest BCUT2D eigenvalue weighted by Gasteiger charge is -2.34. The molecule has 0 unspecified atom stereocenters. The fourth-order valence-electron chi connectivity index (χ4n) is 5.04. The first-order valence-electron chi connectivity index (χ1n) is 13.5. The molecule has 3 aliphatic heterocycles. The Morgan fingerprint density at radius 1 is 0.872 bits per heavy atom. The molecule has 3 aliphatic rings. The zero-order chi connectivity index (χ0) is 26.3. The highest BCUT2D eigenvalue weighted by molar-refractivity contribution is 5.94. The van der Waals surface area contributed by atoms with Crippen molar-refractivity contribution < 1.29 is 28.5 Å². The summed E-state index contributed by atoms with van der Waals surface area (Å²) >= 11 is 0. The van der Waals surface area contributed by atoms with Crippen LogP contribution in [0.2, 0.25) is 0 Å². The molecule has 0 radical (unpaired) electrons. The maximum atomic E-state index is 13.1. The molecule has 214 valence electrons. The van der Waals surface area contributed by atoms with Gasteiger partial charge in [-0.1, -0.05) is 6.07 Å². The molecule has 0 aliphatic carbocycles. The minimum absolute atomic E-state index is 0. The van der Waals surface area contributed by atoms with Crippen LogP contribution in [0.4, 0.5) is 11.4 Å². The molecule has 2 saturated heterocycles. The highest BCUT2D eigenvalue weighted by atomic mass is 35.5. The molecular formula is C28H39ClN4O6. The Balaban J connectivity index is 0.00000353. The third kappa shape index (κ3) is 7.39. The molecule has 0 atom stereocenters. The monoisotopic (exact) mass is 562 g/mol. The first kappa shape index (κ1) is 29.1. The normalized spacial score (nSPS) is 17.4. The maximum absolute atomic E-state index is 13.1. The van der Waals surface area contributed by atoms with Gasteiger partial charge in [0.2, 0.25) is 12.7 Å². The molecule has 2 aromatic carbocycles. The van der Waals surface area contributed by atoms with E-state index in [1.54, 1.807) is 0 Å². The predicted octanol–water partition coefficient (Wildman–Crippen LogP) is 3.23. The van der Waals surface area contributed by atoms with Crippen LogP contribution in [-0.2, 0) is 16.1 Å². The Kier molecular flexibility index (Phi) is 10.4. The number of fused-ring (bicyclic) bond motifs is 1. The van der Waals surface area contributed by atoms with Crippen molar-refractivity contribution in [3.63, 3.8) is 0 Å². The molecule has 0 bridgehead atoms. The van der Waals surface area contributed by atoms with E-state index in [0.29, 0.717) is 44.4 Å². The van der Waals surface area contributed by atoms with Crippen molar-refractivity contribution in [2.24, 2.45) is 0 Å². The van der Waals surface area contributed by atoms with Crippen LogP contribution >= 0.6 is 12.4 Å². The number of amides is 1. The van der Waals surface area contributed by atoms with E-state index in [1.807, 2.05) is 32.0 Å². The first-order valence-corrected chi connectivity index (χ1v) is 13.5. The van der Waals surface area contributed by atoms with Crippen LogP contribution in [0.3, 0.4) is 0 Å². The highest BCUT2D eigenvalue weighted by Gasteiger charge is 2.23. The van der Waals surface area contributed by atoms with Crippen molar-refractivity contribution >= 4 is 29.7 Å². The summed E-state index contributed by atoms with van der Waals surface area (Å²) in [5.41, 5.74) is 2.81. The van der Waals surface area contributed by atoms with Gasteiger partial charge in [-0.15, -0.1) is 12.4 Å². The van der Waals surface area contributed by atoms with Crippen molar-refractivity contribution in [2.75, 3.05) is 89.3 Å². The zero-order valence-electron chi connectivity index (χ0n) is 22.8. The lowest BCUT2D eigenvalue weighted by Crippen LogP contribution is -2.48. The van der Waals surface area contributed by atoms with E-state index in [-0.39, 0.29) is 25.1 Å². The molecule has 11 heteroatoms.